The van der Waals surface area contributed by atoms with Crippen molar-refractivity contribution in [2.75, 3.05) is 6.54 Å². The molecule has 2 fully saturated rings. The first kappa shape index (κ1) is 11.1. The van der Waals surface area contributed by atoms with Crippen LogP contribution in [0, 0.1) is 17.6 Å². The summed E-state index contributed by atoms with van der Waals surface area (Å²) in [6, 6.07) is 4.14. The van der Waals surface area contributed by atoms with E-state index in [0.29, 0.717) is 12.3 Å². The van der Waals surface area contributed by atoms with E-state index >= 15 is 0 Å². The zero-order chi connectivity index (χ0) is 11.9. The van der Waals surface area contributed by atoms with Crippen molar-refractivity contribution in [2.24, 2.45) is 5.92 Å². The van der Waals surface area contributed by atoms with Crippen LogP contribution in [0.5, 0.6) is 0 Å². The second-order valence-electron chi connectivity index (χ2n) is 5.34. The maximum atomic E-state index is 13.7. The molecule has 92 valence electrons. The third kappa shape index (κ3) is 1.97. The van der Waals surface area contributed by atoms with Crippen LogP contribution in [-0.2, 0) is 6.42 Å². The van der Waals surface area contributed by atoms with Crippen LogP contribution in [0.1, 0.15) is 31.2 Å². The summed E-state index contributed by atoms with van der Waals surface area (Å²) in [6.45, 7) is 0.979. The van der Waals surface area contributed by atoms with E-state index in [1.54, 1.807) is 0 Å². The smallest absolute Gasteiger partial charge is 0.129 e. The second kappa shape index (κ2) is 4.05. The number of hydrogen-bond donors (Lipinski definition) is 1. The highest BCUT2D eigenvalue weighted by molar-refractivity contribution is 5.24. The van der Waals surface area contributed by atoms with E-state index < -0.39 is 11.6 Å². The minimum Gasteiger partial charge on any atom is -0.311 e. The molecule has 0 amide bonds. The molecule has 1 N–H and O–H groups in total. The van der Waals surface area contributed by atoms with Crippen molar-refractivity contribution in [1.29, 1.82) is 0 Å². The molecule has 2 aliphatic rings. The van der Waals surface area contributed by atoms with Crippen LogP contribution in [0.2, 0.25) is 0 Å². The van der Waals surface area contributed by atoms with E-state index in [9.17, 15) is 8.78 Å². The molecule has 1 saturated heterocycles. The van der Waals surface area contributed by atoms with Gasteiger partial charge >= 0.3 is 0 Å². The zero-order valence-corrected chi connectivity index (χ0v) is 9.81. The Labute approximate surface area is 100 Å². The van der Waals surface area contributed by atoms with Gasteiger partial charge in [0, 0.05) is 11.1 Å². The Hall–Kier alpha value is -0.960. The molecule has 1 heterocycles. The third-order valence-electron chi connectivity index (χ3n) is 4.19. The lowest BCUT2D eigenvalue weighted by molar-refractivity contribution is 0.314. The third-order valence-corrected chi connectivity index (χ3v) is 4.19. The van der Waals surface area contributed by atoms with Gasteiger partial charge in [0.05, 0.1) is 0 Å². The monoisotopic (exact) mass is 237 g/mol. The molecule has 17 heavy (non-hydrogen) atoms. The second-order valence-corrected chi connectivity index (χ2v) is 5.34. The Bertz CT molecular complexity index is 400. The van der Waals surface area contributed by atoms with Gasteiger partial charge in [-0.3, -0.25) is 0 Å². The van der Waals surface area contributed by atoms with E-state index in [0.717, 1.165) is 19.4 Å². The molecule has 1 atom stereocenters. The Kier molecular flexibility index (Phi) is 2.66. The SMILES string of the molecule is Fc1cccc(F)c1CC1(C2CC2)CCCN1. The number of benzene rings is 1. The highest BCUT2D eigenvalue weighted by Crippen LogP contribution is 2.46. The van der Waals surface area contributed by atoms with Crippen LogP contribution in [0.25, 0.3) is 0 Å². The van der Waals surface area contributed by atoms with Gasteiger partial charge in [-0.05, 0) is 56.7 Å². The molecule has 1 aromatic carbocycles. The molecular formula is C14H17F2N. The zero-order valence-electron chi connectivity index (χ0n) is 9.81. The van der Waals surface area contributed by atoms with Crippen molar-refractivity contribution < 1.29 is 8.78 Å². The van der Waals surface area contributed by atoms with E-state index in [2.05, 4.69) is 5.32 Å². The highest BCUT2D eigenvalue weighted by Gasteiger charge is 2.47. The van der Waals surface area contributed by atoms with E-state index in [1.807, 2.05) is 0 Å². The molecular weight excluding hydrogens is 220 g/mol. The van der Waals surface area contributed by atoms with Crippen molar-refractivity contribution >= 4 is 0 Å². The Morgan fingerprint density at radius 3 is 2.47 bits per heavy atom. The van der Waals surface area contributed by atoms with E-state index in [1.165, 1.54) is 31.0 Å². The summed E-state index contributed by atoms with van der Waals surface area (Å²) in [5.74, 6) is -0.193. The first-order valence-corrected chi connectivity index (χ1v) is 6.39. The topological polar surface area (TPSA) is 12.0 Å². The van der Waals surface area contributed by atoms with Crippen LogP contribution in [-0.4, -0.2) is 12.1 Å². The van der Waals surface area contributed by atoms with Gasteiger partial charge in [-0.25, -0.2) is 8.78 Å². The average Bonchev–Trinajstić information content (AvgIpc) is 3.06. The van der Waals surface area contributed by atoms with Crippen LogP contribution >= 0.6 is 0 Å². The Morgan fingerprint density at radius 1 is 1.24 bits per heavy atom. The van der Waals surface area contributed by atoms with Gasteiger partial charge in [-0.1, -0.05) is 6.07 Å². The molecule has 1 aliphatic heterocycles. The van der Waals surface area contributed by atoms with Gasteiger partial charge in [0.15, 0.2) is 0 Å². The number of nitrogens with one attached hydrogen (secondary N) is 1. The summed E-state index contributed by atoms with van der Waals surface area (Å²) in [6.07, 6.45) is 5.06. The maximum absolute atomic E-state index is 13.7. The molecule has 0 spiro atoms. The van der Waals surface area contributed by atoms with Crippen LogP contribution in [0.3, 0.4) is 0 Å². The fourth-order valence-corrected chi connectivity index (χ4v) is 3.13. The summed E-state index contributed by atoms with van der Waals surface area (Å²) >= 11 is 0. The van der Waals surface area contributed by atoms with Gasteiger partial charge in [-0.2, -0.15) is 0 Å². The molecule has 0 radical (unpaired) electrons. The lowest BCUT2D eigenvalue weighted by Gasteiger charge is -2.30. The van der Waals surface area contributed by atoms with Gasteiger partial charge < -0.3 is 5.32 Å². The van der Waals surface area contributed by atoms with Crippen LogP contribution in [0.4, 0.5) is 8.78 Å². The standard InChI is InChI=1S/C14H17F2N/c15-12-3-1-4-13(16)11(12)9-14(10-5-6-10)7-2-8-17-14/h1,3-4,10,17H,2,5-9H2. The predicted octanol–water partition coefficient (Wildman–Crippen LogP) is 3.04. The Morgan fingerprint density at radius 2 is 1.94 bits per heavy atom. The van der Waals surface area contributed by atoms with Crippen LogP contribution in [0.15, 0.2) is 18.2 Å². The average molecular weight is 237 g/mol. The van der Waals surface area contributed by atoms with Crippen molar-refractivity contribution in [3.05, 3.63) is 35.4 Å². The Balaban J connectivity index is 1.90. The first-order chi connectivity index (χ1) is 8.21. The van der Waals surface area contributed by atoms with Gasteiger partial charge in [0.25, 0.3) is 0 Å². The van der Waals surface area contributed by atoms with E-state index in [4.69, 9.17) is 0 Å². The van der Waals surface area contributed by atoms with Gasteiger partial charge in [0.2, 0.25) is 0 Å². The summed E-state index contributed by atoms with van der Waals surface area (Å²) in [4.78, 5) is 0. The normalized spacial score (nSPS) is 28.6. The molecule has 3 heteroatoms. The number of halogens is 2. The molecule has 3 rings (SSSR count). The molecule has 1 nitrogen and oxygen atoms in total. The number of hydrogen-bond acceptors (Lipinski definition) is 1. The molecule has 1 unspecified atom stereocenters. The van der Waals surface area contributed by atoms with Crippen LogP contribution < -0.4 is 5.32 Å². The minimum atomic E-state index is -0.404. The molecule has 1 saturated carbocycles. The fraction of sp³-hybridized carbons (Fsp3) is 0.571. The lowest BCUT2D eigenvalue weighted by Crippen LogP contribution is -2.44. The van der Waals surface area contributed by atoms with Gasteiger partial charge in [0.1, 0.15) is 11.6 Å². The highest BCUT2D eigenvalue weighted by atomic mass is 19.1. The lowest BCUT2D eigenvalue weighted by atomic mass is 9.84. The van der Waals surface area contributed by atoms with Crippen molar-refractivity contribution in [3.8, 4) is 0 Å². The number of rotatable bonds is 3. The maximum Gasteiger partial charge on any atom is 0.129 e. The summed E-state index contributed by atoms with van der Waals surface area (Å²) in [5.41, 5.74) is 0.219. The summed E-state index contributed by atoms with van der Waals surface area (Å²) in [5, 5.41) is 3.50. The molecule has 0 bridgehead atoms. The van der Waals surface area contributed by atoms with Crippen molar-refractivity contribution in [2.45, 2.75) is 37.6 Å². The van der Waals surface area contributed by atoms with Crippen molar-refractivity contribution in [3.63, 3.8) is 0 Å². The summed E-state index contributed by atoms with van der Waals surface area (Å²) < 4.78 is 27.4. The minimum absolute atomic E-state index is 0.0387. The first-order valence-electron chi connectivity index (χ1n) is 6.39. The van der Waals surface area contributed by atoms with Crippen molar-refractivity contribution in [1.82, 2.24) is 5.32 Å². The van der Waals surface area contributed by atoms with E-state index in [-0.39, 0.29) is 11.1 Å². The molecule has 1 aliphatic carbocycles. The molecule has 1 aromatic rings. The van der Waals surface area contributed by atoms with Gasteiger partial charge in [-0.15, -0.1) is 0 Å². The molecule has 0 aromatic heterocycles. The predicted molar refractivity (Wildman–Crippen MR) is 62.8 cm³/mol. The fourth-order valence-electron chi connectivity index (χ4n) is 3.13. The quantitative estimate of drug-likeness (QED) is 0.852. The largest absolute Gasteiger partial charge is 0.311 e. The summed E-state index contributed by atoms with van der Waals surface area (Å²) in [7, 11) is 0.